The van der Waals surface area contributed by atoms with Crippen molar-refractivity contribution < 1.29 is 9.90 Å². The summed E-state index contributed by atoms with van der Waals surface area (Å²) >= 11 is 0. The van der Waals surface area contributed by atoms with Gasteiger partial charge in [0.15, 0.2) is 0 Å². The molecule has 0 saturated heterocycles. The summed E-state index contributed by atoms with van der Waals surface area (Å²) in [5.74, 6) is 0. The maximum atomic E-state index is 10.4. The first-order valence-electron chi connectivity index (χ1n) is 3.57. The van der Waals surface area contributed by atoms with Gasteiger partial charge in [0.25, 0.3) is 0 Å². The fraction of sp³-hybridized carbons (Fsp3) is 0.100. The summed E-state index contributed by atoms with van der Waals surface area (Å²) in [6.45, 7) is 3.43. The summed E-state index contributed by atoms with van der Waals surface area (Å²) in [4.78, 5) is 10.4. The molecule has 0 aromatic heterocycles. The third-order valence-electron chi connectivity index (χ3n) is 1.61. The Morgan fingerprint density at radius 1 is 1.50 bits per heavy atom. The monoisotopic (exact) mass is 161 g/mol. The second-order valence-electron chi connectivity index (χ2n) is 2.37. The van der Waals surface area contributed by atoms with Crippen LogP contribution in [0, 0.1) is 0 Å². The second-order valence-corrected chi connectivity index (χ2v) is 2.37. The smallest absolute Gasteiger partial charge is 0.233 e. The lowest BCUT2D eigenvalue weighted by Crippen LogP contribution is -1.97. The number of aliphatic hydroxyl groups excluding tert-OH is 1. The van der Waals surface area contributed by atoms with Gasteiger partial charge in [-0.2, -0.15) is 0 Å². The van der Waals surface area contributed by atoms with Crippen molar-refractivity contribution in [1.82, 2.24) is 0 Å². The van der Waals surface area contributed by atoms with Gasteiger partial charge in [-0.25, -0.2) is 0 Å². The molecular formula is C10H9O2. The van der Waals surface area contributed by atoms with Gasteiger partial charge in [-0.3, -0.25) is 4.79 Å². The Hall–Kier alpha value is -1.41. The Kier molecular flexibility index (Phi) is 2.77. The van der Waals surface area contributed by atoms with Crippen LogP contribution in [-0.2, 0) is 4.79 Å². The van der Waals surface area contributed by atoms with Crippen LogP contribution in [0.3, 0.4) is 0 Å². The summed E-state index contributed by atoms with van der Waals surface area (Å²) < 4.78 is 0. The Morgan fingerprint density at radius 2 is 2.17 bits per heavy atom. The van der Waals surface area contributed by atoms with Gasteiger partial charge >= 0.3 is 0 Å². The lowest BCUT2D eigenvalue weighted by Gasteiger charge is -2.06. The van der Waals surface area contributed by atoms with Crippen molar-refractivity contribution in [2.24, 2.45) is 0 Å². The lowest BCUT2D eigenvalue weighted by atomic mass is 10.0. The highest BCUT2D eigenvalue weighted by Gasteiger charge is 2.07. The molecule has 1 aromatic carbocycles. The largest absolute Gasteiger partial charge is 0.384 e. The van der Waals surface area contributed by atoms with Crippen LogP contribution in [0.1, 0.15) is 17.2 Å². The third-order valence-corrected chi connectivity index (χ3v) is 1.61. The molecule has 1 atom stereocenters. The molecule has 0 fully saturated rings. The topological polar surface area (TPSA) is 37.3 Å². The van der Waals surface area contributed by atoms with E-state index in [1.165, 1.54) is 6.08 Å². The summed E-state index contributed by atoms with van der Waals surface area (Å²) in [5, 5.41) is 9.34. The van der Waals surface area contributed by atoms with Gasteiger partial charge in [0.05, 0.1) is 6.10 Å². The van der Waals surface area contributed by atoms with E-state index in [2.05, 4.69) is 6.58 Å². The summed E-state index contributed by atoms with van der Waals surface area (Å²) in [6.07, 6.45) is 2.33. The van der Waals surface area contributed by atoms with Crippen LogP contribution in [0.2, 0.25) is 0 Å². The Labute approximate surface area is 71.2 Å². The maximum Gasteiger partial charge on any atom is 0.233 e. The van der Waals surface area contributed by atoms with Crippen molar-refractivity contribution in [2.75, 3.05) is 0 Å². The van der Waals surface area contributed by atoms with Crippen LogP contribution in [0.25, 0.3) is 0 Å². The Balaban J connectivity index is 3.12. The summed E-state index contributed by atoms with van der Waals surface area (Å²) in [7, 11) is 0. The van der Waals surface area contributed by atoms with E-state index in [0.29, 0.717) is 11.1 Å². The van der Waals surface area contributed by atoms with Gasteiger partial charge in [-0.1, -0.05) is 30.3 Å². The minimum absolute atomic E-state index is 0.380. The summed E-state index contributed by atoms with van der Waals surface area (Å²) in [6, 6.07) is 6.75. The number of hydrogen-bond acceptors (Lipinski definition) is 2. The molecule has 2 heteroatoms. The quantitative estimate of drug-likeness (QED) is 0.680. The van der Waals surface area contributed by atoms with Crippen molar-refractivity contribution in [3.63, 3.8) is 0 Å². The van der Waals surface area contributed by atoms with E-state index >= 15 is 0 Å². The SMILES string of the molecule is C=CC(O)c1ccccc1[C]=O. The molecule has 1 radical (unpaired) electrons. The van der Waals surface area contributed by atoms with Gasteiger partial charge < -0.3 is 5.11 Å². The number of aliphatic hydroxyl groups is 1. The van der Waals surface area contributed by atoms with Gasteiger partial charge in [0.2, 0.25) is 6.29 Å². The van der Waals surface area contributed by atoms with Crippen molar-refractivity contribution >= 4 is 6.29 Å². The molecule has 12 heavy (non-hydrogen) atoms. The molecular weight excluding hydrogens is 152 g/mol. The maximum absolute atomic E-state index is 10.4. The number of hydrogen-bond donors (Lipinski definition) is 1. The molecule has 1 unspecified atom stereocenters. The third kappa shape index (κ3) is 1.60. The molecule has 1 aromatic rings. The standard InChI is InChI=1S/C10H9O2/c1-2-10(12)9-6-4-3-5-8(9)7-11/h2-6,10,12H,1H2. The molecule has 2 nitrogen and oxygen atoms in total. The predicted octanol–water partition coefficient (Wildman–Crippen LogP) is 1.36. The molecule has 0 spiro atoms. The van der Waals surface area contributed by atoms with Crippen LogP contribution in [0.4, 0.5) is 0 Å². The van der Waals surface area contributed by atoms with Gasteiger partial charge in [-0.15, -0.1) is 6.58 Å². The first-order chi connectivity index (χ1) is 5.79. The van der Waals surface area contributed by atoms with E-state index in [1.807, 2.05) is 0 Å². The van der Waals surface area contributed by atoms with Crippen LogP contribution in [0.15, 0.2) is 36.9 Å². The zero-order valence-electron chi connectivity index (χ0n) is 6.53. The molecule has 0 aliphatic rings. The van der Waals surface area contributed by atoms with Crippen molar-refractivity contribution in [1.29, 1.82) is 0 Å². The zero-order chi connectivity index (χ0) is 8.97. The molecule has 61 valence electrons. The molecule has 0 heterocycles. The highest BCUT2D eigenvalue weighted by atomic mass is 16.3. The van der Waals surface area contributed by atoms with E-state index in [4.69, 9.17) is 0 Å². The van der Waals surface area contributed by atoms with E-state index in [-0.39, 0.29) is 0 Å². The van der Waals surface area contributed by atoms with Gasteiger partial charge in [0, 0.05) is 5.56 Å². The fourth-order valence-electron chi connectivity index (χ4n) is 0.975. The first-order valence-corrected chi connectivity index (χ1v) is 3.57. The van der Waals surface area contributed by atoms with Crippen LogP contribution < -0.4 is 0 Å². The highest BCUT2D eigenvalue weighted by molar-refractivity contribution is 5.78. The van der Waals surface area contributed by atoms with Crippen LogP contribution in [0.5, 0.6) is 0 Å². The normalized spacial score (nSPS) is 12.1. The minimum atomic E-state index is -0.789. The molecule has 1 rings (SSSR count). The Bertz CT molecular complexity index is 292. The lowest BCUT2D eigenvalue weighted by molar-refractivity contribution is 0.229. The highest BCUT2D eigenvalue weighted by Crippen LogP contribution is 2.16. The number of carbonyl (C=O) groups excluding carboxylic acids is 1. The predicted molar refractivity (Wildman–Crippen MR) is 46.4 cm³/mol. The van der Waals surface area contributed by atoms with Crippen molar-refractivity contribution in [3.05, 3.63) is 48.0 Å². The van der Waals surface area contributed by atoms with Crippen LogP contribution in [-0.4, -0.2) is 11.4 Å². The molecule has 0 saturated carbocycles. The van der Waals surface area contributed by atoms with E-state index in [0.717, 1.165) is 0 Å². The number of benzene rings is 1. The zero-order valence-corrected chi connectivity index (χ0v) is 6.53. The molecule has 0 bridgehead atoms. The molecule has 0 aliphatic carbocycles. The van der Waals surface area contributed by atoms with Crippen LogP contribution >= 0.6 is 0 Å². The summed E-state index contributed by atoms with van der Waals surface area (Å²) in [5.41, 5.74) is 0.924. The van der Waals surface area contributed by atoms with Gasteiger partial charge in [-0.05, 0) is 5.56 Å². The number of rotatable bonds is 3. The fourth-order valence-corrected chi connectivity index (χ4v) is 0.975. The van der Waals surface area contributed by atoms with E-state index in [1.54, 1.807) is 30.6 Å². The Morgan fingerprint density at radius 3 is 2.75 bits per heavy atom. The first kappa shape index (κ1) is 8.68. The average Bonchev–Trinajstić information content (AvgIpc) is 2.16. The molecule has 0 amide bonds. The van der Waals surface area contributed by atoms with Crippen molar-refractivity contribution in [3.8, 4) is 0 Å². The minimum Gasteiger partial charge on any atom is -0.384 e. The van der Waals surface area contributed by atoms with Gasteiger partial charge in [0.1, 0.15) is 0 Å². The second kappa shape index (κ2) is 3.83. The van der Waals surface area contributed by atoms with E-state index in [9.17, 15) is 9.90 Å². The molecule has 0 aliphatic heterocycles. The molecule has 1 N–H and O–H groups in total. The van der Waals surface area contributed by atoms with E-state index < -0.39 is 6.10 Å². The van der Waals surface area contributed by atoms with Crippen molar-refractivity contribution in [2.45, 2.75) is 6.10 Å². The average molecular weight is 161 g/mol.